The molecule has 22 heavy (non-hydrogen) atoms. The SMILES string of the molecule is O=S(=O)(Cc1ccccc1)N1CCC(N2CCCCC2)CC1. The minimum atomic E-state index is -3.18. The quantitative estimate of drug-likeness (QED) is 0.855. The standard InChI is InChI=1S/C17H26N2O2S/c20-22(21,15-16-7-3-1-4-8-16)19-13-9-17(10-14-19)18-11-5-2-6-12-18/h1,3-4,7-8,17H,2,5-6,9-15H2. The average molecular weight is 322 g/mol. The molecule has 4 nitrogen and oxygen atoms in total. The fraction of sp³-hybridized carbons (Fsp3) is 0.647. The number of hydrogen-bond acceptors (Lipinski definition) is 3. The van der Waals surface area contributed by atoms with Gasteiger partial charge in [0.05, 0.1) is 5.75 Å². The lowest BCUT2D eigenvalue weighted by molar-refractivity contribution is 0.118. The molecule has 2 aliphatic rings. The van der Waals surface area contributed by atoms with Crippen molar-refractivity contribution in [1.82, 2.24) is 9.21 Å². The topological polar surface area (TPSA) is 40.6 Å². The van der Waals surface area contributed by atoms with E-state index in [2.05, 4.69) is 4.90 Å². The summed E-state index contributed by atoms with van der Waals surface area (Å²) >= 11 is 0. The second-order valence-electron chi connectivity index (χ2n) is 6.47. The van der Waals surface area contributed by atoms with Crippen molar-refractivity contribution in [1.29, 1.82) is 0 Å². The van der Waals surface area contributed by atoms with E-state index in [1.165, 1.54) is 32.4 Å². The number of piperidine rings is 2. The van der Waals surface area contributed by atoms with E-state index in [1.807, 2.05) is 30.3 Å². The van der Waals surface area contributed by atoms with E-state index < -0.39 is 10.0 Å². The van der Waals surface area contributed by atoms with Crippen LogP contribution in [-0.4, -0.2) is 49.8 Å². The van der Waals surface area contributed by atoms with Gasteiger partial charge in [-0.3, -0.25) is 0 Å². The van der Waals surface area contributed by atoms with Crippen molar-refractivity contribution in [3.05, 3.63) is 35.9 Å². The molecule has 0 radical (unpaired) electrons. The van der Waals surface area contributed by atoms with Crippen LogP contribution >= 0.6 is 0 Å². The minimum absolute atomic E-state index is 0.127. The summed E-state index contributed by atoms with van der Waals surface area (Å²) in [6, 6.07) is 10.1. The fourth-order valence-electron chi connectivity index (χ4n) is 3.65. The lowest BCUT2D eigenvalue weighted by Crippen LogP contribution is -2.48. The molecular weight excluding hydrogens is 296 g/mol. The Balaban J connectivity index is 1.56. The summed E-state index contributed by atoms with van der Waals surface area (Å²) in [4.78, 5) is 2.57. The van der Waals surface area contributed by atoms with Gasteiger partial charge >= 0.3 is 0 Å². The number of sulfonamides is 1. The van der Waals surface area contributed by atoms with Crippen molar-refractivity contribution in [2.75, 3.05) is 26.2 Å². The molecule has 5 heteroatoms. The van der Waals surface area contributed by atoms with Gasteiger partial charge in [-0.15, -0.1) is 0 Å². The third kappa shape index (κ3) is 3.89. The molecule has 1 aromatic carbocycles. The Morgan fingerprint density at radius 1 is 0.909 bits per heavy atom. The molecule has 3 rings (SSSR count). The Labute approximate surface area is 134 Å². The van der Waals surface area contributed by atoms with Crippen LogP contribution in [0.25, 0.3) is 0 Å². The predicted molar refractivity (Wildman–Crippen MR) is 89.1 cm³/mol. The normalized spacial score (nSPS) is 22.7. The van der Waals surface area contributed by atoms with E-state index in [0.717, 1.165) is 18.4 Å². The van der Waals surface area contributed by atoms with Gasteiger partial charge in [0.25, 0.3) is 0 Å². The van der Waals surface area contributed by atoms with Gasteiger partial charge < -0.3 is 4.90 Å². The molecule has 0 bridgehead atoms. The smallest absolute Gasteiger partial charge is 0.218 e. The Kier molecular flexibility index (Phi) is 5.16. The second-order valence-corrected chi connectivity index (χ2v) is 8.44. The van der Waals surface area contributed by atoms with Gasteiger partial charge in [0.15, 0.2) is 0 Å². The molecule has 0 atom stereocenters. The molecule has 0 amide bonds. The minimum Gasteiger partial charge on any atom is -0.300 e. The molecule has 1 aromatic rings. The van der Waals surface area contributed by atoms with Crippen molar-refractivity contribution in [3.63, 3.8) is 0 Å². The Morgan fingerprint density at radius 2 is 1.55 bits per heavy atom. The molecule has 0 spiro atoms. The summed E-state index contributed by atoms with van der Waals surface area (Å²) in [6.07, 6.45) is 5.90. The summed E-state index contributed by atoms with van der Waals surface area (Å²) in [5.41, 5.74) is 0.876. The average Bonchev–Trinajstić information content (AvgIpc) is 2.56. The third-order valence-electron chi connectivity index (χ3n) is 4.92. The van der Waals surface area contributed by atoms with Crippen LogP contribution in [0.15, 0.2) is 30.3 Å². The zero-order valence-electron chi connectivity index (χ0n) is 13.2. The highest BCUT2D eigenvalue weighted by Crippen LogP contribution is 2.23. The third-order valence-corrected chi connectivity index (χ3v) is 6.77. The molecule has 0 aliphatic carbocycles. The Bertz CT molecular complexity index is 560. The molecule has 2 fully saturated rings. The van der Waals surface area contributed by atoms with Crippen molar-refractivity contribution < 1.29 is 8.42 Å². The highest BCUT2D eigenvalue weighted by atomic mass is 32.2. The van der Waals surface area contributed by atoms with E-state index in [1.54, 1.807) is 4.31 Å². The van der Waals surface area contributed by atoms with Crippen molar-refractivity contribution in [3.8, 4) is 0 Å². The summed E-state index contributed by atoms with van der Waals surface area (Å²) in [5.74, 6) is 0.127. The molecule has 0 N–H and O–H groups in total. The molecule has 122 valence electrons. The van der Waals surface area contributed by atoms with Crippen molar-refractivity contribution in [2.45, 2.75) is 43.9 Å². The van der Waals surface area contributed by atoms with Crippen LogP contribution in [-0.2, 0) is 15.8 Å². The van der Waals surface area contributed by atoms with E-state index in [9.17, 15) is 8.42 Å². The Morgan fingerprint density at radius 3 is 2.18 bits per heavy atom. The number of nitrogens with zero attached hydrogens (tertiary/aromatic N) is 2. The highest BCUT2D eigenvalue weighted by molar-refractivity contribution is 7.88. The van der Waals surface area contributed by atoms with Crippen LogP contribution in [0.4, 0.5) is 0 Å². The van der Waals surface area contributed by atoms with E-state index in [4.69, 9.17) is 0 Å². The first kappa shape index (κ1) is 16.0. The van der Waals surface area contributed by atoms with Gasteiger partial charge in [-0.1, -0.05) is 36.8 Å². The number of benzene rings is 1. The van der Waals surface area contributed by atoms with Crippen LogP contribution in [0.5, 0.6) is 0 Å². The summed E-state index contributed by atoms with van der Waals surface area (Å²) in [7, 11) is -3.18. The molecule has 0 saturated carbocycles. The number of hydrogen-bond donors (Lipinski definition) is 0. The monoisotopic (exact) mass is 322 g/mol. The van der Waals surface area contributed by atoms with Gasteiger partial charge in [0.2, 0.25) is 10.0 Å². The van der Waals surface area contributed by atoms with Gasteiger partial charge in [-0.25, -0.2) is 12.7 Å². The van der Waals surface area contributed by atoms with E-state index in [0.29, 0.717) is 19.1 Å². The number of rotatable bonds is 4. The second kappa shape index (κ2) is 7.11. The van der Waals surface area contributed by atoms with Gasteiger partial charge in [-0.2, -0.15) is 0 Å². The van der Waals surface area contributed by atoms with Gasteiger partial charge in [0.1, 0.15) is 0 Å². The zero-order valence-corrected chi connectivity index (χ0v) is 14.0. The van der Waals surface area contributed by atoms with Crippen LogP contribution in [0.2, 0.25) is 0 Å². The molecule has 2 heterocycles. The van der Waals surface area contributed by atoms with Crippen LogP contribution < -0.4 is 0 Å². The lowest BCUT2D eigenvalue weighted by Gasteiger charge is -2.39. The first-order valence-corrected chi connectivity index (χ1v) is 10.0. The fourth-order valence-corrected chi connectivity index (χ4v) is 5.21. The molecule has 2 saturated heterocycles. The van der Waals surface area contributed by atoms with Crippen molar-refractivity contribution in [2.24, 2.45) is 0 Å². The maximum atomic E-state index is 12.6. The molecular formula is C17H26N2O2S. The maximum absolute atomic E-state index is 12.6. The first-order valence-electron chi connectivity index (χ1n) is 8.41. The van der Waals surface area contributed by atoms with Gasteiger partial charge in [-0.05, 0) is 44.3 Å². The zero-order chi connectivity index (χ0) is 15.4. The molecule has 2 aliphatic heterocycles. The van der Waals surface area contributed by atoms with Crippen LogP contribution in [0, 0.1) is 0 Å². The van der Waals surface area contributed by atoms with Crippen LogP contribution in [0.1, 0.15) is 37.7 Å². The van der Waals surface area contributed by atoms with Crippen LogP contribution in [0.3, 0.4) is 0 Å². The summed E-state index contributed by atoms with van der Waals surface area (Å²) < 4.78 is 26.8. The maximum Gasteiger partial charge on any atom is 0.218 e. The molecule has 0 unspecified atom stereocenters. The summed E-state index contributed by atoms with van der Waals surface area (Å²) in [6.45, 7) is 3.75. The highest BCUT2D eigenvalue weighted by Gasteiger charge is 2.30. The predicted octanol–water partition coefficient (Wildman–Crippen LogP) is 2.47. The van der Waals surface area contributed by atoms with Crippen molar-refractivity contribution >= 4 is 10.0 Å². The number of likely N-dealkylation sites (tertiary alicyclic amines) is 1. The summed E-state index contributed by atoms with van der Waals surface area (Å²) in [5, 5.41) is 0. The van der Waals surface area contributed by atoms with Gasteiger partial charge in [0, 0.05) is 19.1 Å². The largest absolute Gasteiger partial charge is 0.300 e. The first-order chi connectivity index (χ1) is 10.6. The Hall–Kier alpha value is -0.910. The van der Waals surface area contributed by atoms with E-state index in [-0.39, 0.29) is 5.75 Å². The lowest BCUT2D eigenvalue weighted by atomic mass is 10.0. The van der Waals surface area contributed by atoms with E-state index >= 15 is 0 Å². The molecule has 0 aromatic heterocycles.